The number of hydrogen-bond acceptors (Lipinski definition) is 2. The summed E-state index contributed by atoms with van der Waals surface area (Å²) in [4.78, 5) is 4.37. The number of halogens is 1. The van der Waals surface area contributed by atoms with E-state index in [-0.39, 0.29) is 5.82 Å². The largest absolute Gasteiger partial charge is 0.369 e. The molecule has 4 unspecified atom stereocenters. The summed E-state index contributed by atoms with van der Waals surface area (Å²) in [6.45, 7) is 1.81. The van der Waals surface area contributed by atoms with Gasteiger partial charge in [0.2, 0.25) is 5.95 Å². The predicted molar refractivity (Wildman–Crippen MR) is 75.7 cm³/mol. The molecule has 0 radical (unpaired) electrons. The van der Waals surface area contributed by atoms with Gasteiger partial charge in [0.15, 0.2) is 0 Å². The van der Waals surface area contributed by atoms with Crippen molar-refractivity contribution in [2.75, 3.05) is 5.73 Å². The third kappa shape index (κ3) is 1.18. The van der Waals surface area contributed by atoms with E-state index in [4.69, 9.17) is 5.73 Å². The summed E-state index contributed by atoms with van der Waals surface area (Å²) in [5.41, 5.74) is 8.52. The topological polar surface area (TPSA) is 43.8 Å². The molecule has 4 heteroatoms. The molecule has 2 N–H and O–H groups in total. The van der Waals surface area contributed by atoms with Gasteiger partial charge in [0, 0.05) is 12.1 Å². The van der Waals surface area contributed by atoms with Crippen molar-refractivity contribution in [3.05, 3.63) is 23.5 Å². The highest BCUT2D eigenvalue weighted by molar-refractivity contribution is 5.79. The summed E-state index contributed by atoms with van der Waals surface area (Å²) in [7, 11) is 0. The van der Waals surface area contributed by atoms with Crippen molar-refractivity contribution in [3.8, 4) is 0 Å². The molecule has 1 aromatic heterocycles. The molecule has 2 bridgehead atoms. The molecule has 2 aromatic rings. The van der Waals surface area contributed by atoms with Gasteiger partial charge in [-0.2, -0.15) is 0 Å². The fourth-order valence-corrected chi connectivity index (χ4v) is 5.18. The van der Waals surface area contributed by atoms with Crippen LogP contribution in [0.2, 0.25) is 0 Å². The van der Waals surface area contributed by atoms with Crippen LogP contribution in [0.25, 0.3) is 11.0 Å². The number of anilines is 1. The molecule has 1 aromatic carbocycles. The Kier molecular flexibility index (Phi) is 1.86. The van der Waals surface area contributed by atoms with Gasteiger partial charge >= 0.3 is 0 Å². The molecule has 0 spiro atoms. The van der Waals surface area contributed by atoms with E-state index < -0.39 is 0 Å². The van der Waals surface area contributed by atoms with E-state index >= 15 is 0 Å². The Morgan fingerprint density at radius 3 is 2.65 bits per heavy atom. The van der Waals surface area contributed by atoms with Crippen molar-refractivity contribution in [2.45, 2.75) is 32.2 Å². The standard InChI is InChI=1S/C16H18FN3/c1-7-4-12-11(6-10(7)17)19-16(18)20(12)15-13-8-2-3-9(5-8)14(13)15/h4,6,8-9,13-15H,2-3,5H2,1H3,(H2,18,19). The summed E-state index contributed by atoms with van der Waals surface area (Å²) in [6.07, 6.45) is 4.21. The minimum atomic E-state index is -0.196. The van der Waals surface area contributed by atoms with Crippen LogP contribution in [0.1, 0.15) is 30.9 Å². The number of aromatic nitrogens is 2. The lowest BCUT2D eigenvalue weighted by molar-refractivity contribution is 0.456. The van der Waals surface area contributed by atoms with Crippen LogP contribution in [0, 0.1) is 36.4 Å². The second-order valence-corrected chi connectivity index (χ2v) is 6.91. The number of nitrogens with two attached hydrogens (primary N) is 1. The zero-order valence-corrected chi connectivity index (χ0v) is 11.5. The number of benzene rings is 1. The molecule has 3 fully saturated rings. The van der Waals surface area contributed by atoms with Crippen molar-refractivity contribution in [1.29, 1.82) is 0 Å². The van der Waals surface area contributed by atoms with E-state index in [1.54, 1.807) is 6.92 Å². The molecule has 3 aliphatic rings. The van der Waals surface area contributed by atoms with Crippen LogP contribution in [-0.4, -0.2) is 9.55 Å². The smallest absolute Gasteiger partial charge is 0.201 e. The molecule has 3 nitrogen and oxygen atoms in total. The lowest BCUT2D eigenvalue weighted by Gasteiger charge is -2.12. The highest BCUT2D eigenvalue weighted by Crippen LogP contribution is 2.72. The van der Waals surface area contributed by atoms with E-state index in [1.165, 1.54) is 25.3 Å². The number of imidazole rings is 1. The fourth-order valence-electron chi connectivity index (χ4n) is 5.18. The van der Waals surface area contributed by atoms with Gasteiger partial charge in [-0.1, -0.05) is 0 Å². The minimum Gasteiger partial charge on any atom is -0.369 e. The fraction of sp³-hybridized carbons (Fsp3) is 0.562. The van der Waals surface area contributed by atoms with Gasteiger partial charge in [0.05, 0.1) is 11.0 Å². The van der Waals surface area contributed by atoms with Crippen LogP contribution in [0.4, 0.5) is 10.3 Å². The SMILES string of the molecule is Cc1cc2c(cc1F)nc(N)n2C1C2C3CCC(C3)C21. The highest BCUT2D eigenvalue weighted by Gasteiger charge is 2.66. The number of aryl methyl sites for hydroxylation is 1. The molecular weight excluding hydrogens is 253 g/mol. The van der Waals surface area contributed by atoms with Gasteiger partial charge in [-0.25, -0.2) is 9.37 Å². The highest BCUT2D eigenvalue weighted by atomic mass is 19.1. The number of fused-ring (bicyclic) bond motifs is 6. The van der Waals surface area contributed by atoms with Crippen molar-refractivity contribution in [3.63, 3.8) is 0 Å². The first kappa shape index (κ1) is 11.1. The van der Waals surface area contributed by atoms with E-state index in [1.807, 2.05) is 6.07 Å². The quantitative estimate of drug-likeness (QED) is 0.865. The van der Waals surface area contributed by atoms with Crippen LogP contribution in [0.15, 0.2) is 12.1 Å². The first-order valence-electron chi connectivity index (χ1n) is 7.58. The molecule has 1 heterocycles. The third-order valence-electron chi connectivity index (χ3n) is 5.99. The first-order valence-corrected chi connectivity index (χ1v) is 7.58. The van der Waals surface area contributed by atoms with E-state index in [0.717, 1.165) is 29.2 Å². The maximum Gasteiger partial charge on any atom is 0.201 e. The molecule has 20 heavy (non-hydrogen) atoms. The predicted octanol–water partition coefficient (Wildman–Crippen LogP) is 3.28. The average Bonchev–Trinajstić information content (AvgIpc) is 2.73. The zero-order valence-electron chi connectivity index (χ0n) is 11.5. The second kappa shape index (κ2) is 3.35. The van der Waals surface area contributed by atoms with Crippen LogP contribution in [0.3, 0.4) is 0 Å². The van der Waals surface area contributed by atoms with Crippen molar-refractivity contribution >= 4 is 17.0 Å². The number of nitrogens with zero attached hydrogens (tertiary/aromatic N) is 2. The van der Waals surface area contributed by atoms with Crippen LogP contribution >= 0.6 is 0 Å². The Labute approximate surface area is 117 Å². The summed E-state index contributed by atoms with van der Waals surface area (Å²) in [6, 6.07) is 3.95. The third-order valence-corrected chi connectivity index (χ3v) is 5.99. The maximum atomic E-state index is 13.7. The van der Waals surface area contributed by atoms with Crippen LogP contribution in [0.5, 0.6) is 0 Å². The van der Waals surface area contributed by atoms with Gasteiger partial charge in [0.25, 0.3) is 0 Å². The van der Waals surface area contributed by atoms with Crippen molar-refractivity contribution in [2.24, 2.45) is 23.7 Å². The van der Waals surface area contributed by atoms with E-state index in [0.29, 0.717) is 23.1 Å². The average molecular weight is 271 g/mol. The lowest BCUT2D eigenvalue weighted by atomic mass is 10.0. The molecular formula is C16H18FN3. The molecule has 0 amide bonds. The Balaban J connectivity index is 1.67. The molecule has 3 saturated carbocycles. The summed E-state index contributed by atoms with van der Waals surface area (Å²) < 4.78 is 15.9. The number of hydrogen-bond donors (Lipinski definition) is 1. The van der Waals surface area contributed by atoms with Gasteiger partial charge in [-0.3, -0.25) is 0 Å². The van der Waals surface area contributed by atoms with E-state index in [9.17, 15) is 4.39 Å². The molecule has 5 rings (SSSR count). The van der Waals surface area contributed by atoms with Gasteiger partial charge in [0.1, 0.15) is 5.82 Å². The Hall–Kier alpha value is -1.58. The Morgan fingerprint density at radius 1 is 1.25 bits per heavy atom. The molecule has 3 aliphatic carbocycles. The lowest BCUT2D eigenvalue weighted by Crippen LogP contribution is -2.08. The Morgan fingerprint density at radius 2 is 1.95 bits per heavy atom. The van der Waals surface area contributed by atoms with Crippen molar-refractivity contribution in [1.82, 2.24) is 9.55 Å². The van der Waals surface area contributed by atoms with Crippen LogP contribution < -0.4 is 5.73 Å². The monoisotopic (exact) mass is 271 g/mol. The molecule has 104 valence electrons. The van der Waals surface area contributed by atoms with Crippen molar-refractivity contribution < 1.29 is 4.39 Å². The Bertz CT molecular complexity index is 719. The second-order valence-electron chi connectivity index (χ2n) is 6.91. The van der Waals surface area contributed by atoms with Gasteiger partial charge in [-0.15, -0.1) is 0 Å². The molecule has 0 aliphatic heterocycles. The normalized spacial score (nSPS) is 37.6. The minimum absolute atomic E-state index is 0.196. The molecule has 0 saturated heterocycles. The number of rotatable bonds is 1. The summed E-state index contributed by atoms with van der Waals surface area (Å²) >= 11 is 0. The molecule has 4 atom stereocenters. The first-order chi connectivity index (χ1) is 9.65. The van der Waals surface area contributed by atoms with Gasteiger partial charge in [-0.05, 0) is 61.5 Å². The summed E-state index contributed by atoms with van der Waals surface area (Å²) in [5.74, 6) is 3.77. The number of nitrogen functional groups attached to an aromatic ring is 1. The summed E-state index contributed by atoms with van der Waals surface area (Å²) in [5, 5.41) is 0. The maximum absolute atomic E-state index is 13.7. The van der Waals surface area contributed by atoms with E-state index in [2.05, 4.69) is 9.55 Å². The van der Waals surface area contributed by atoms with Gasteiger partial charge < -0.3 is 10.3 Å². The zero-order chi connectivity index (χ0) is 13.6. The van der Waals surface area contributed by atoms with Crippen LogP contribution in [-0.2, 0) is 0 Å².